The molecule has 4 heteroatoms. The number of aryl methyl sites for hydroxylation is 1. The van der Waals surface area contributed by atoms with Crippen LogP contribution in [-0.2, 0) is 6.42 Å². The van der Waals surface area contributed by atoms with E-state index in [-0.39, 0.29) is 5.92 Å². The SMILES string of the molecule is Cc1noc2c1C(=NO)CC(c1ccccc1)C2. The van der Waals surface area contributed by atoms with Gasteiger partial charge in [0.15, 0.2) is 0 Å². The first-order valence-corrected chi connectivity index (χ1v) is 6.01. The Balaban J connectivity index is 2.01. The van der Waals surface area contributed by atoms with Crippen LogP contribution in [0.15, 0.2) is 40.0 Å². The van der Waals surface area contributed by atoms with Crippen LogP contribution in [0.4, 0.5) is 0 Å². The van der Waals surface area contributed by atoms with E-state index in [1.165, 1.54) is 5.56 Å². The van der Waals surface area contributed by atoms with E-state index >= 15 is 0 Å². The summed E-state index contributed by atoms with van der Waals surface area (Å²) >= 11 is 0. The molecule has 4 nitrogen and oxygen atoms in total. The third-order valence-corrected chi connectivity index (χ3v) is 3.49. The highest BCUT2D eigenvalue weighted by atomic mass is 16.5. The molecule has 0 amide bonds. The zero-order chi connectivity index (χ0) is 12.5. The van der Waals surface area contributed by atoms with Gasteiger partial charge in [-0.2, -0.15) is 0 Å². The van der Waals surface area contributed by atoms with Crippen molar-refractivity contribution < 1.29 is 9.73 Å². The Bertz CT molecular complexity index is 587. The fourth-order valence-corrected chi connectivity index (χ4v) is 2.61. The molecule has 0 saturated heterocycles. The molecule has 0 radical (unpaired) electrons. The van der Waals surface area contributed by atoms with Gasteiger partial charge in [0.2, 0.25) is 0 Å². The molecule has 1 aliphatic rings. The van der Waals surface area contributed by atoms with E-state index < -0.39 is 0 Å². The molecule has 1 N–H and O–H groups in total. The molecule has 3 rings (SSSR count). The highest BCUT2D eigenvalue weighted by molar-refractivity contribution is 6.03. The third kappa shape index (κ3) is 1.70. The molecule has 0 aliphatic heterocycles. The van der Waals surface area contributed by atoms with Crippen LogP contribution >= 0.6 is 0 Å². The number of fused-ring (bicyclic) bond motifs is 1. The van der Waals surface area contributed by atoms with Crippen molar-refractivity contribution in [2.45, 2.75) is 25.7 Å². The predicted molar refractivity (Wildman–Crippen MR) is 67.1 cm³/mol. The monoisotopic (exact) mass is 242 g/mol. The van der Waals surface area contributed by atoms with Crippen LogP contribution in [0, 0.1) is 6.92 Å². The maximum Gasteiger partial charge on any atom is 0.146 e. The highest BCUT2D eigenvalue weighted by Crippen LogP contribution is 2.34. The molecule has 2 aromatic rings. The van der Waals surface area contributed by atoms with Gasteiger partial charge in [-0.15, -0.1) is 0 Å². The minimum Gasteiger partial charge on any atom is -0.411 e. The maximum absolute atomic E-state index is 9.16. The molecule has 0 fully saturated rings. The molecule has 1 aromatic heterocycles. The van der Waals surface area contributed by atoms with Gasteiger partial charge in [-0.25, -0.2) is 0 Å². The number of rotatable bonds is 1. The molecule has 0 bridgehead atoms. The highest BCUT2D eigenvalue weighted by Gasteiger charge is 2.30. The second-order valence-corrected chi connectivity index (χ2v) is 4.63. The standard InChI is InChI=1S/C14H14N2O2/c1-9-14-12(15-17)7-11(8-13(14)18-16-9)10-5-3-2-4-6-10/h2-6,11,17H,7-8H2,1H3. The molecule has 0 saturated carbocycles. The summed E-state index contributed by atoms with van der Waals surface area (Å²) in [6.07, 6.45) is 1.52. The van der Waals surface area contributed by atoms with Crippen molar-refractivity contribution in [1.82, 2.24) is 5.16 Å². The van der Waals surface area contributed by atoms with Crippen molar-refractivity contribution in [3.8, 4) is 0 Å². The molecular formula is C14H14N2O2. The topological polar surface area (TPSA) is 58.6 Å². The van der Waals surface area contributed by atoms with Crippen molar-refractivity contribution in [1.29, 1.82) is 0 Å². The van der Waals surface area contributed by atoms with E-state index in [4.69, 9.17) is 9.73 Å². The number of hydrogen-bond donors (Lipinski definition) is 1. The zero-order valence-corrected chi connectivity index (χ0v) is 10.1. The number of oxime groups is 1. The smallest absolute Gasteiger partial charge is 0.146 e. The summed E-state index contributed by atoms with van der Waals surface area (Å²) in [5, 5.41) is 16.5. The number of aromatic nitrogens is 1. The summed E-state index contributed by atoms with van der Waals surface area (Å²) < 4.78 is 5.33. The Hall–Kier alpha value is -2.10. The average molecular weight is 242 g/mol. The fraction of sp³-hybridized carbons (Fsp3) is 0.286. The maximum atomic E-state index is 9.16. The third-order valence-electron chi connectivity index (χ3n) is 3.49. The minimum atomic E-state index is 0.289. The summed E-state index contributed by atoms with van der Waals surface area (Å²) in [7, 11) is 0. The van der Waals surface area contributed by atoms with E-state index in [1.54, 1.807) is 0 Å². The Morgan fingerprint density at radius 2 is 2.06 bits per heavy atom. The largest absolute Gasteiger partial charge is 0.411 e. The Labute approximate surface area is 105 Å². The summed E-state index contributed by atoms with van der Waals surface area (Å²) in [6.45, 7) is 1.87. The quantitative estimate of drug-likeness (QED) is 0.618. The normalized spacial score (nSPS) is 20.9. The summed E-state index contributed by atoms with van der Waals surface area (Å²) in [6, 6.07) is 10.2. The Morgan fingerprint density at radius 3 is 2.78 bits per heavy atom. The molecule has 1 unspecified atom stereocenters. The van der Waals surface area contributed by atoms with Crippen molar-refractivity contribution in [2.24, 2.45) is 5.16 Å². The van der Waals surface area contributed by atoms with Crippen LogP contribution in [0.2, 0.25) is 0 Å². The van der Waals surface area contributed by atoms with E-state index in [2.05, 4.69) is 22.4 Å². The van der Waals surface area contributed by atoms with Crippen molar-refractivity contribution in [3.05, 3.63) is 52.9 Å². The van der Waals surface area contributed by atoms with E-state index in [9.17, 15) is 0 Å². The van der Waals surface area contributed by atoms with Crippen LogP contribution in [0.5, 0.6) is 0 Å². The van der Waals surface area contributed by atoms with Gasteiger partial charge in [-0.05, 0) is 18.4 Å². The van der Waals surface area contributed by atoms with Gasteiger partial charge >= 0.3 is 0 Å². The molecule has 18 heavy (non-hydrogen) atoms. The lowest BCUT2D eigenvalue weighted by Gasteiger charge is -2.21. The Morgan fingerprint density at radius 1 is 1.28 bits per heavy atom. The molecule has 0 spiro atoms. The summed E-state index contributed by atoms with van der Waals surface area (Å²) in [5.41, 5.74) is 3.58. The van der Waals surface area contributed by atoms with Gasteiger partial charge in [-0.1, -0.05) is 40.6 Å². The second-order valence-electron chi connectivity index (χ2n) is 4.63. The molecule has 1 aliphatic carbocycles. The van der Waals surface area contributed by atoms with Gasteiger partial charge in [-0.3, -0.25) is 0 Å². The average Bonchev–Trinajstić information content (AvgIpc) is 2.81. The van der Waals surface area contributed by atoms with Crippen molar-refractivity contribution >= 4 is 5.71 Å². The minimum absolute atomic E-state index is 0.289. The lowest BCUT2D eigenvalue weighted by Crippen LogP contribution is -2.19. The van der Waals surface area contributed by atoms with Crippen molar-refractivity contribution in [2.75, 3.05) is 0 Å². The first-order valence-electron chi connectivity index (χ1n) is 6.01. The predicted octanol–water partition coefficient (Wildman–Crippen LogP) is 2.89. The van der Waals surface area contributed by atoms with E-state index in [0.29, 0.717) is 5.71 Å². The molecule has 92 valence electrons. The van der Waals surface area contributed by atoms with Crippen molar-refractivity contribution in [3.63, 3.8) is 0 Å². The van der Waals surface area contributed by atoms with Crippen LogP contribution < -0.4 is 0 Å². The van der Waals surface area contributed by atoms with Crippen LogP contribution in [-0.4, -0.2) is 16.1 Å². The zero-order valence-electron chi connectivity index (χ0n) is 10.1. The molecule has 1 atom stereocenters. The van der Waals surface area contributed by atoms with Crippen LogP contribution in [0.25, 0.3) is 0 Å². The van der Waals surface area contributed by atoms with E-state index in [0.717, 1.165) is 29.9 Å². The molecule has 1 aromatic carbocycles. The van der Waals surface area contributed by atoms with Gasteiger partial charge < -0.3 is 9.73 Å². The first kappa shape index (κ1) is 11.0. The van der Waals surface area contributed by atoms with Gasteiger partial charge in [0, 0.05) is 12.8 Å². The number of benzene rings is 1. The lowest BCUT2D eigenvalue weighted by molar-refractivity contribution is 0.315. The summed E-state index contributed by atoms with van der Waals surface area (Å²) in [4.78, 5) is 0. The molecular weight excluding hydrogens is 228 g/mol. The van der Waals surface area contributed by atoms with Crippen LogP contribution in [0.1, 0.15) is 34.9 Å². The number of nitrogens with zero attached hydrogens (tertiary/aromatic N) is 2. The fourth-order valence-electron chi connectivity index (χ4n) is 2.61. The lowest BCUT2D eigenvalue weighted by atomic mass is 9.82. The van der Waals surface area contributed by atoms with E-state index in [1.807, 2.05) is 25.1 Å². The molecule has 1 heterocycles. The van der Waals surface area contributed by atoms with Gasteiger partial charge in [0.05, 0.1) is 17.0 Å². The number of hydrogen-bond acceptors (Lipinski definition) is 4. The first-order chi connectivity index (χ1) is 8.79. The summed E-state index contributed by atoms with van der Waals surface area (Å²) in [5.74, 6) is 1.11. The second kappa shape index (κ2) is 4.29. The van der Waals surface area contributed by atoms with Gasteiger partial charge in [0.25, 0.3) is 0 Å². The van der Waals surface area contributed by atoms with Crippen LogP contribution in [0.3, 0.4) is 0 Å². The van der Waals surface area contributed by atoms with Gasteiger partial charge in [0.1, 0.15) is 5.76 Å². The Kier molecular flexibility index (Phi) is 2.63.